The van der Waals surface area contributed by atoms with E-state index in [4.69, 9.17) is 9.47 Å². The molecule has 0 radical (unpaired) electrons. The molecule has 0 fully saturated rings. The van der Waals surface area contributed by atoms with Gasteiger partial charge in [-0.05, 0) is 24.3 Å². The lowest BCUT2D eigenvalue weighted by atomic mass is 10.3. The quantitative estimate of drug-likeness (QED) is 0.736. The van der Waals surface area contributed by atoms with Gasteiger partial charge in [0.15, 0.2) is 5.01 Å². The SMILES string of the molecule is COc1ccc(OCc2nn3c(C(F)(F)F)nnc3s2)cc1. The van der Waals surface area contributed by atoms with Crippen molar-refractivity contribution >= 4 is 16.3 Å². The molecule has 0 unspecified atom stereocenters. The molecule has 116 valence electrons. The molecule has 0 spiro atoms. The molecule has 22 heavy (non-hydrogen) atoms. The van der Waals surface area contributed by atoms with E-state index >= 15 is 0 Å². The van der Waals surface area contributed by atoms with Crippen molar-refractivity contribution in [1.82, 2.24) is 19.8 Å². The van der Waals surface area contributed by atoms with Crippen LogP contribution in [0.2, 0.25) is 0 Å². The number of halogens is 3. The van der Waals surface area contributed by atoms with E-state index in [9.17, 15) is 13.2 Å². The van der Waals surface area contributed by atoms with Crippen molar-refractivity contribution in [3.05, 3.63) is 35.1 Å². The van der Waals surface area contributed by atoms with E-state index in [0.717, 1.165) is 11.3 Å². The third kappa shape index (κ3) is 2.82. The van der Waals surface area contributed by atoms with Crippen LogP contribution in [0.4, 0.5) is 13.2 Å². The minimum absolute atomic E-state index is 0.0393. The molecule has 10 heteroatoms. The molecule has 0 aliphatic heterocycles. The zero-order chi connectivity index (χ0) is 15.7. The fraction of sp³-hybridized carbons (Fsp3) is 0.250. The highest BCUT2D eigenvalue weighted by molar-refractivity contribution is 7.16. The van der Waals surface area contributed by atoms with Gasteiger partial charge in [0.1, 0.15) is 18.1 Å². The third-order valence-corrected chi connectivity index (χ3v) is 3.58. The minimum Gasteiger partial charge on any atom is -0.497 e. The molecule has 6 nitrogen and oxygen atoms in total. The van der Waals surface area contributed by atoms with Gasteiger partial charge in [0, 0.05) is 0 Å². The first-order valence-electron chi connectivity index (χ1n) is 6.02. The van der Waals surface area contributed by atoms with Crippen LogP contribution in [0.3, 0.4) is 0 Å². The largest absolute Gasteiger partial charge is 0.497 e. The summed E-state index contributed by atoms with van der Waals surface area (Å²) in [6, 6.07) is 6.83. The zero-order valence-electron chi connectivity index (χ0n) is 11.2. The Balaban J connectivity index is 1.75. The summed E-state index contributed by atoms with van der Waals surface area (Å²) in [5.74, 6) is 0.0956. The molecule has 3 aromatic rings. The van der Waals surface area contributed by atoms with Crippen LogP contribution in [0.25, 0.3) is 4.96 Å². The summed E-state index contributed by atoms with van der Waals surface area (Å²) in [6.45, 7) is 0.0393. The molecule has 0 atom stereocenters. The number of fused-ring (bicyclic) bond motifs is 1. The first-order valence-corrected chi connectivity index (χ1v) is 6.84. The van der Waals surface area contributed by atoms with Gasteiger partial charge < -0.3 is 9.47 Å². The molecule has 1 aromatic carbocycles. The number of rotatable bonds is 4. The van der Waals surface area contributed by atoms with Gasteiger partial charge in [0.2, 0.25) is 4.96 Å². The normalized spacial score (nSPS) is 11.8. The predicted octanol–water partition coefficient (Wildman–Crippen LogP) is 2.79. The fourth-order valence-corrected chi connectivity index (χ4v) is 2.46. The molecule has 0 aliphatic rings. The molecule has 0 saturated carbocycles. The highest BCUT2D eigenvalue weighted by Crippen LogP contribution is 2.29. The fourth-order valence-electron chi connectivity index (χ4n) is 1.71. The average Bonchev–Trinajstić information content (AvgIpc) is 3.04. The van der Waals surface area contributed by atoms with E-state index in [2.05, 4.69) is 15.3 Å². The lowest BCUT2D eigenvalue weighted by molar-refractivity contribution is -0.146. The number of ether oxygens (including phenoxy) is 2. The first kappa shape index (κ1) is 14.6. The van der Waals surface area contributed by atoms with Crippen LogP contribution in [0.15, 0.2) is 24.3 Å². The standard InChI is InChI=1S/C12H9F3N4O2S/c1-20-7-2-4-8(5-3-7)21-6-9-18-19-10(12(13,14)15)16-17-11(19)22-9/h2-5H,6H2,1H3. The Bertz CT molecular complexity index is 782. The minimum atomic E-state index is -4.60. The second-order valence-corrected chi connectivity index (χ2v) is 5.22. The Kier molecular flexibility index (Phi) is 3.61. The second-order valence-electron chi connectivity index (χ2n) is 4.18. The number of methoxy groups -OCH3 is 1. The zero-order valence-corrected chi connectivity index (χ0v) is 12.0. The topological polar surface area (TPSA) is 61.5 Å². The van der Waals surface area contributed by atoms with Crippen molar-refractivity contribution in [3.8, 4) is 11.5 Å². The van der Waals surface area contributed by atoms with Gasteiger partial charge in [-0.25, -0.2) is 0 Å². The molecule has 0 bridgehead atoms. The summed E-state index contributed by atoms with van der Waals surface area (Å²) < 4.78 is 49.2. The van der Waals surface area contributed by atoms with Crippen LogP contribution in [-0.2, 0) is 12.8 Å². The highest BCUT2D eigenvalue weighted by atomic mass is 32.1. The Labute approximate surface area is 126 Å². The van der Waals surface area contributed by atoms with Crippen LogP contribution in [0, 0.1) is 0 Å². The molecule has 0 saturated heterocycles. The lowest BCUT2D eigenvalue weighted by Crippen LogP contribution is -2.11. The van der Waals surface area contributed by atoms with Gasteiger partial charge >= 0.3 is 6.18 Å². The third-order valence-electron chi connectivity index (χ3n) is 2.71. The van der Waals surface area contributed by atoms with Gasteiger partial charge in [-0.15, -0.1) is 10.2 Å². The van der Waals surface area contributed by atoms with E-state index in [-0.39, 0.29) is 11.6 Å². The Morgan fingerprint density at radius 3 is 2.45 bits per heavy atom. The molecule has 0 amide bonds. The molecular formula is C12H9F3N4O2S. The second kappa shape index (κ2) is 5.44. The van der Waals surface area contributed by atoms with Gasteiger partial charge in [0.05, 0.1) is 7.11 Å². The smallest absolute Gasteiger partial charge is 0.453 e. The summed E-state index contributed by atoms with van der Waals surface area (Å²) in [7, 11) is 1.55. The number of benzene rings is 1. The average molecular weight is 330 g/mol. The van der Waals surface area contributed by atoms with Crippen LogP contribution >= 0.6 is 11.3 Å². The maximum Gasteiger partial charge on any atom is 0.453 e. The van der Waals surface area contributed by atoms with Crippen molar-refractivity contribution in [3.63, 3.8) is 0 Å². The van der Waals surface area contributed by atoms with Crippen molar-refractivity contribution in [1.29, 1.82) is 0 Å². The Morgan fingerprint density at radius 2 is 1.82 bits per heavy atom. The summed E-state index contributed by atoms with van der Waals surface area (Å²) in [5, 5.41) is 10.7. The van der Waals surface area contributed by atoms with E-state index in [1.165, 1.54) is 0 Å². The van der Waals surface area contributed by atoms with Crippen molar-refractivity contribution in [2.75, 3.05) is 7.11 Å². The predicted molar refractivity (Wildman–Crippen MR) is 71.0 cm³/mol. The van der Waals surface area contributed by atoms with Crippen molar-refractivity contribution in [2.24, 2.45) is 0 Å². The van der Waals surface area contributed by atoms with Crippen molar-refractivity contribution in [2.45, 2.75) is 12.8 Å². The van der Waals surface area contributed by atoms with Gasteiger partial charge in [-0.2, -0.15) is 22.8 Å². The van der Waals surface area contributed by atoms with Gasteiger partial charge in [-0.3, -0.25) is 0 Å². The Hall–Kier alpha value is -2.36. The van der Waals surface area contributed by atoms with E-state index in [0.29, 0.717) is 21.0 Å². The van der Waals surface area contributed by atoms with Crippen LogP contribution < -0.4 is 9.47 Å². The van der Waals surface area contributed by atoms with Gasteiger partial charge in [0.25, 0.3) is 5.82 Å². The summed E-state index contributed by atoms with van der Waals surface area (Å²) >= 11 is 0.990. The van der Waals surface area contributed by atoms with Crippen LogP contribution in [-0.4, -0.2) is 26.9 Å². The summed E-state index contributed by atoms with van der Waals surface area (Å²) in [6.07, 6.45) is -4.60. The van der Waals surface area contributed by atoms with E-state index < -0.39 is 12.0 Å². The highest BCUT2D eigenvalue weighted by Gasteiger charge is 2.38. The summed E-state index contributed by atoms with van der Waals surface area (Å²) in [4.78, 5) is 0.0701. The molecule has 0 N–H and O–H groups in total. The van der Waals surface area contributed by atoms with E-state index in [1.807, 2.05) is 0 Å². The number of hydrogen-bond acceptors (Lipinski definition) is 6. The molecule has 0 aliphatic carbocycles. The van der Waals surface area contributed by atoms with Gasteiger partial charge in [-0.1, -0.05) is 11.3 Å². The molecule has 3 rings (SSSR count). The number of hydrogen-bond donors (Lipinski definition) is 0. The van der Waals surface area contributed by atoms with Crippen LogP contribution in [0.5, 0.6) is 11.5 Å². The first-order chi connectivity index (χ1) is 10.5. The number of alkyl halides is 3. The maximum atomic E-state index is 12.7. The molecule has 2 heterocycles. The molecule has 2 aromatic heterocycles. The monoisotopic (exact) mass is 330 g/mol. The van der Waals surface area contributed by atoms with Crippen LogP contribution in [0.1, 0.15) is 10.8 Å². The molecular weight excluding hydrogens is 321 g/mol. The number of nitrogens with zero attached hydrogens (tertiary/aromatic N) is 4. The van der Waals surface area contributed by atoms with E-state index in [1.54, 1.807) is 31.4 Å². The lowest BCUT2D eigenvalue weighted by Gasteiger charge is -2.04. The maximum absolute atomic E-state index is 12.7. The summed E-state index contributed by atoms with van der Waals surface area (Å²) in [5.41, 5.74) is 0. The number of aromatic nitrogens is 4. The Morgan fingerprint density at radius 1 is 1.14 bits per heavy atom. The van der Waals surface area contributed by atoms with Crippen molar-refractivity contribution < 1.29 is 22.6 Å².